The zero-order valence-electron chi connectivity index (χ0n) is 21.1. The predicted octanol–water partition coefficient (Wildman–Crippen LogP) is 10.0. The highest BCUT2D eigenvalue weighted by molar-refractivity contribution is 9.10. The minimum atomic E-state index is -0.115. The van der Waals surface area contributed by atoms with Crippen molar-refractivity contribution >= 4 is 43.8 Å². The lowest BCUT2D eigenvalue weighted by Gasteiger charge is -2.43. The van der Waals surface area contributed by atoms with Crippen molar-refractivity contribution in [3.05, 3.63) is 124 Å². The SMILES string of the molecule is CC1(C)c2cc(Br)ccc2-c2cc3c(cc21)N(c1ccc2ccccc2c1)c1ccccc1C3(C)C. The number of nitrogens with zero attached hydrogens (tertiary/aromatic N) is 1. The Kier molecular flexibility index (Phi) is 4.46. The number of halogens is 1. The zero-order chi connectivity index (χ0) is 24.8. The van der Waals surface area contributed by atoms with Gasteiger partial charge in [0, 0.05) is 21.0 Å². The highest BCUT2D eigenvalue weighted by Gasteiger charge is 2.42. The molecular formula is C34H28BrN. The molecule has 0 radical (unpaired) electrons. The Morgan fingerprint density at radius 2 is 1.22 bits per heavy atom. The minimum absolute atomic E-state index is 0.0698. The normalized spacial score (nSPS) is 16.3. The molecule has 0 N–H and O–H groups in total. The van der Waals surface area contributed by atoms with E-state index in [4.69, 9.17) is 0 Å². The summed E-state index contributed by atoms with van der Waals surface area (Å²) in [4.78, 5) is 2.48. The fourth-order valence-electron chi connectivity index (χ4n) is 6.49. The predicted molar refractivity (Wildman–Crippen MR) is 156 cm³/mol. The van der Waals surface area contributed by atoms with E-state index in [0.29, 0.717) is 0 Å². The van der Waals surface area contributed by atoms with Crippen LogP contribution in [-0.4, -0.2) is 0 Å². The van der Waals surface area contributed by atoms with Gasteiger partial charge in [-0.25, -0.2) is 0 Å². The number of benzene rings is 5. The Balaban J connectivity index is 1.54. The summed E-state index contributed by atoms with van der Waals surface area (Å²) in [6.45, 7) is 9.46. The number of hydrogen-bond acceptors (Lipinski definition) is 1. The molecule has 0 bridgehead atoms. The van der Waals surface area contributed by atoms with Crippen LogP contribution in [0.3, 0.4) is 0 Å². The van der Waals surface area contributed by atoms with Gasteiger partial charge in [0.1, 0.15) is 0 Å². The second-order valence-corrected chi connectivity index (χ2v) is 12.2. The number of rotatable bonds is 1. The molecule has 0 spiro atoms. The van der Waals surface area contributed by atoms with Gasteiger partial charge in [-0.2, -0.15) is 0 Å². The first kappa shape index (κ1) is 21.9. The van der Waals surface area contributed by atoms with Crippen LogP contribution < -0.4 is 4.90 Å². The molecule has 0 unspecified atom stereocenters. The molecule has 1 heterocycles. The van der Waals surface area contributed by atoms with Crippen LogP contribution in [0.5, 0.6) is 0 Å². The largest absolute Gasteiger partial charge is 0.310 e. The first-order valence-corrected chi connectivity index (χ1v) is 13.4. The van der Waals surface area contributed by atoms with E-state index in [1.807, 2.05) is 0 Å². The standard InChI is InChI=1S/C34H28BrN/c1-33(2)27-11-7-8-12-31(27)36(24-15-13-21-9-5-6-10-22(21)17-24)32-20-29-26(19-30(32)33)25-16-14-23(35)18-28(25)34(29,3)4/h5-20H,1-4H3. The number of fused-ring (bicyclic) bond motifs is 6. The number of hydrogen-bond donors (Lipinski definition) is 0. The molecule has 0 aromatic heterocycles. The second-order valence-electron chi connectivity index (χ2n) is 11.2. The Morgan fingerprint density at radius 1 is 0.528 bits per heavy atom. The fraction of sp³-hybridized carbons (Fsp3) is 0.176. The van der Waals surface area contributed by atoms with Crippen LogP contribution in [0.15, 0.2) is 102 Å². The smallest absolute Gasteiger partial charge is 0.0506 e. The van der Waals surface area contributed by atoms with E-state index >= 15 is 0 Å². The Morgan fingerprint density at radius 3 is 2.06 bits per heavy atom. The van der Waals surface area contributed by atoms with E-state index in [2.05, 4.69) is 146 Å². The summed E-state index contributed by atoms with van der Waals surface area (Å²) in [5, 5.41) is 2.53. The Hall–Kier alpha value is -3.36. The van der Waals surface area contributed by atoms with Crippen LogP contribution in [0.25, 0.3) is 21.9 Å². The van der Waals surface area contributed by atoms with E-state index in [0.717, 1.165) is 4.47 Å². The average Bonchev–Trinajstić information content (AvgIpc) is 3.09. The molecule has 2 heteroatoms. The molecule has 0 saturated carbocycles. The molecule has 0 saturated heterocycles. The third-order valence-corrected chi connectivity index (χ3v) is 8.97. The monoisotopic (exact) mass is 529 g/mol. The first-order valence-electron chi connectivity index (χ1n) is 12.6. The van der Waals surface area contributed by atoms with Gasteiger partial charge in [0.05, 0.1) is 11.4 Å². The van der Waals surface area contributed by atoms with Gasteiger partial charge in [0.2, 0.25) is 0 Å². The summed E-state index contributed by atoms with van der Waals surface area (Å²) in [7, 11) is 0. The summed E-state index contributed by atoms with van der Waals surface area (Å²) in [6.07, 6.45) is 0. The van der Waals surface area contributed by atoms with Crippen molar-refractivity contribution in [2.45, 2.75) is 38.5 Å². The molecule has 0 amide bonds. The molecular weight excluding hydrogens is 502 g/mol. The third kappa shape index (κ3) is 2.88. The lowest BCUT2D eigenvalue weighted by Crippen LogP contribution is -2.31. The van der Waals surface area contributed by atoms with Crippen molar-refractivity contribution in [2.75, 3.05) is 4.90 Å². The summed E-state index contributed by atoms with van der Waals surface area (Å²) < 4.78 is 1.14. The molecule has 0 atom stereocenters. The van der Waals surface area contributed by atoms with E-state index in [9.17, 15) is 0 Å². The third-order valence-electron chi connectivity index (χ3n) is 8.48. The van der Waals surface area contributed by atoms with Crippen molar-refractivity contribution in [1.82, 2.24) is 0 Å². The molecule has 5 aromatic carbocycles. The maximum Gasteiger partial charge on any atom is 0.0506 e. The van der Waals surface area contributed by atoms with Gasteiger partial charge >= 0.3 is 0 Å². The summed E-state index contributed by atoms with van der Waals surface area (Å²) in [5.41, 5.74) is 11.8. The topological polar surface area (TPSA) is 3.24 Å². The van der Waals surface area contributed by atoms with Gasteiger partial charge in [0.25, 0.3) is 0 Å². The van der Waals surface area contributed by atoms with Crippen LogP contribution in [0, 0.1) is 0 Å². The highest BCUT2D eigenvalue weighted by Crippen LogP contribution is 2.57. The minimum Gasteiger partial charge on any atom is -0.310 e. The van der Waals surface area contributed by atoms with Gasteiger partial charge in [-0.05, 0) is 86.6 Å². The van der Waals surface area contributed by atoms with Crippen molar-refractivity contribution in [2.24, 2.45) is 0 Å². The van der Waals surface area contributed by atoms with Crippen LogP contribution in [0.1, 0.15) is 49.9 Å². The maximum atomic E-state index is 3.72. The molecule has 5 aromatic rings. The summed E-state index contributed by atoms with van der Waals surface area (Å²) >= 11 is 3.72. The van der Waals surface area contributed by atoms with Crippen molar-refractivity contribution in [1.29, 1.82) is 0 Å². The molecule has 7 rings (SSSR count). The lowest BCUT2D eigenvalue weighted by molar-refractivity contribution is 0.627. The molecule has 36 heavy (non-hydrogen) atoms. The van der Waals surface area contributed by atoms with Gasteiger partial charge in [-0.3, -0.25) is 0 Å². The fourth-order valence-corrected chi connectivity index (χ4v) is 6.85. The first-order chi connectivity index (χ1) is 17.3. The van der Waals surface area contributed by atoms with Gasteiger partial charge in [0.15, 0.2) is 0 Å². The summed E-state index contributed by atoms with van der Waals surface area (Å²) in [6, 6.07) is 36.1. The molecule has 0 fully saturated rings. The summed E-state index contributed by atoms with van der Waals surface area (Å²) in [5.74, 6) is 0. The van der Waals surface area contributed by atoms with E-state index in [1.165, 1.54) is 61.2 Å². The van der Waals surface area contributed by atoms with Gasteiger partial charge in [-0.15, -0.1) is 0 Å². The van der Waals surface area contributed by atoms with Crippen LogP contribution in [-0.2, 0) is 10.8 Å². The van der Waals surface area contributed by atoms with Crippen molar-refractivity contribution in [3.63, 3.8) is 0 Å². The lowest BCUT2D eigenvalue weighted by atomic mass is 9.72. The van der Waals surface area contributed by atoms with E-state index < -0.39 is 0 Å². The van der Waals surface area contributed by atoms with Crippen LogP contribution in [0.4, 0.5) is 17.1 Å². The molecule has 1 aliphatic carbocycles. The second kappa shape index (κ2) is 7.33. The van der Waals surface area contributed by atoms with E-state index in [1.54, 1.807) is 0 Å². The molecule has 2 aliphatic rings. The van der Waals surface area contributed by atoms with Crippen LogP contribution in [0.2, 0.25) is 0 Å². The highest BCUT2D eigenvalue weighted by atomic mass is 79.9. The molecule has 176 valence electrons. The van der Waals surface area contributed by atoms with E-state index in [-0.39, 0.29) is 10.8 Å². The Bertz CT molecular complexity index is 1710. The maximum absolute atomic E-state index is 3.72. The average molecular weight is 531 g/mol. The Labute approximate surface area is 221 Å². The molecule has 1 nitrogen and oxygen atoms in total. The number of para-hydroxylation sites is 1. The van der Waals surface area contributed by atoms with Gasteiger partial charge < -0.3 is 4.90 Å². The quantitative estimate of drug-likeness (QED) is 0.208. The van der Waals surface area contributed by atoms with Crippen LogP contribution >= 0.6 is 15.9 Å². The van der Waals surface area contributed by atoms with Crippen molar-refractivity contribution < 1.29 is 0 Å². The molecule has 1 aliphatic heterocycles. The van der Waals surface area contributed by atoms with Crippen molar-refractivity contribution in [3.8, 4) is 11.1 Å². The van der Waals surface area contributed by atoms with Gasteiger partial charge in [-0.1, -0.05) is 98.2 Å². The zero-order valence-corrected chi connectivity index (χ0v) is 22.6. The number of anilines is 3.